The molecule has 1 aliphatic rings. The van der Waals surface area contributed by atoms with Gasteiger partial charge in [0.05, 0.1) is 6.54 Å². The summed E-state index contributed by atoms with van der Waals surface area (Å²) in [6, 6.07) is -0.202. The van der Waals surface area contributed by atoms with Crippen LogP contribution < -0.4 is 5.32 Å². The van der Waals surface area contributed by atoms with Gasteiger partial charge in [-0.3, -0.25) is 4.79 Å². The van der Waals surface area contributed by atoms with E-state index in [2.05, 4.69) is 11.2 Å². The van der Waals surface area contributed by atoms with E-state index in [1.54, 1.807) is 0 Å². The van der Waals surface area contributed by atoms with E-state index in [9.17, 15) is 9.59 Å². The first-order valence-corrected chi connectivity index (χ1v) is 4.84. The molecule has 15 heavy (non-hydrogen) atoms. The molecule has 2 amide bonds. The summed E-state index contributed by atoms with van der Waals surface area (Å²) < 4.78 is 0. The van der Waals surface area contributed by atoms with E-state index in [0.717, 1.165) is 24.2 Å². The van der Waals surface area contributed by atoms with Gasteiger partial charge in [0.1, 0.15) is 6.54 Å². The summed E-state index contributed by atoms with van der Waals surface area (Å²) in [7, 11) is 0. The Hall–Kier alpha value is -1.70. The van der Waals surface area contributed by atoms with Crippen LogP contribution in [0.5, 0.6) is 0 Å². The number of urea groups is 1. The predicted molar refractivity (Wildman–Crippen MR) is 54.2 cm³/mol. The molecule has 0 aromatic rings. The Morgan fingerprint density at radius 1 is 1.53 bits per heavy atom. The van der Waals surface area contributed by atoms with Crippen LogP contribution in [0.3, 0.4) is 0 Å². The predicted octanol–water partition coefficient (Wildman–Crippen LogP) is 0.268. The number of hydrogen-bond donors (Lipinski definition) is 2. The molecular formula is C10H14N2O3. The second kappa shape index (κ2) is 5.25. The molecule has 0 heterocycles. The fourth-order valence-electron chi connectivity index (χ4n) is 1.29. The molecule has 0 saturated heterocycles. The number of terminal acetylenes is 1. The zero-order chi connectivity index (χ0) is 11.3. The van der Waals surface area contributed by atoms with Crippen LogP contribution in [0.1, 0.15) is 19.3 Å². The van der Waals surface area contributed by atoms with E-state index in [-0.39, 0.29) is 25.2 Å². The number of nitrogens with zero attached hydrogens (tertiary/aromatic N) is 1. The van der Waals surface area contributed by atoms with Crippen molar-refractivity contribution in [2.24, 2.45) is 0 Å². The van der Waals surface area contributed by atoms with Crippen molar-refractivity contribution < 1.29 is 14.7 Å². The average molecular weight is 210 g/mol. The molecule has 5 nitrogen and oxygen atoms in total. The van der Waals surface area contributed by atoms with Crippen molar-refractivity contribution in [2.75, 3.05) is 13.1 Å². The van der Waals surface area contributed by atoms with Gasteiger partial charge in [-0.05, 0) is 19.3 Å². The van der Waals surface area contributed by atoms with Crippen molar-refractivity contribution in [3.05, 3.63) is 0 Å². The fraction of sp³-hybridized carbons (Fsp3) is 0.600. The summed E-state index contributed by atoms with van der Waals surface area (Å²) in [5.74, 6) is 1.20. The molecule has 0 radical (unpaired) electrons. The van der Waals surface area contributed by atoms with Gasteiger partial charge in [0.2, 0.25) is 0 Å². The van der Waals surface area contributed by atoms with Gasteiger partial charge >= 0.3 is 12.0 Å². The topological polar surface area (TPSA) is 69.6 Å². The summed E-state index contributed by atoms with van der Waals surface area (Å²) in [6.45, 7) is -0.340. The van der Waals surface area contributed by atoms with Gasteiger partial charge in [-0.25, -0.2) is 4.79 Å². The van der Waals surface area contributed by atoms with Gasteiger partial charge in [0.25, 0.3) is 0 Å². The molecule has 0 aliphatic heterocycles. The number of aliphatic carboxylic acids is 1. The molecule has 2 N–H and O–H groups in total. The minimum absolute atomic E-state index is 0.0187. The number of amides is 2. The summed E-state index contributed by atoms with van der Waals surface area (Å²) in [5, 5.41) is 11.3. The zero-order valence-corrected chi connectivity index (χ0v) is 8.40. The van der Waals surface area contributed by atoms with E-state index in [1.165, 1.54) is 0 Å². The molecular weight excluding hydrogens is 196 g/mol. The van der Waals surface area contributed by atoms with Crippen LogP contribution in [0.15, 0.2) is 0 Å². The number of carbonyl (C=O) groups is 2. The van der Waals surface area contributed by atoms with Gasteiger partial charge in [-0.15, -0.1) is 6.42 Å². The molecule has 0 spiro atoms. The van der Waals surface area contributed by atoms with Crippen molar-refractivity contribution in [2.45, 2.75) is 25.3 Å². The molecule has 1 aliphatic carbocycles. The maximum Gasteiger partial charge on any atom is 0.323 e. The Morgan fingerprint density at radius 3 is 2.60 bits per heavy atom. The van der Waals surface area contributed by atoms with Crippen molar-refractivity contribution >= 4 is 12.0 Å². The summed E-state index contributed by atoms with van der Waals surface area (Å²) in [5.41, 5.74) is 0. The molecule has 0 bridgehead atoms. The normalized spacial score (nSPS) is 14.9. The van der Waals surface area contributed by atoms with Gasteiger partial charge in [-0.2, -0.15) is 0 Å². The van der Waals surface area contributed by atoms with Crippen LogP contribution in [0.2, 0.25) is 0 Å². The third-order valence-electron chi connectivity index (χ3n) is 2.33. The highest BCUT2D eigenvalue weighted by atomic mass is 16.4. The lowest BCUT2D eigenvalue weighted by molar-refractivity contribution is -0.137. The Labute approximate surface area is 88.4 Å². The monoisotopic (exact) mass is 210 g/mol. The number of hydrogen-bond acceptors (Lipinski definition) is 2. The first kappa shape index (κ1) is 11.4. The van der Waals surface area contributed by atoms with E-state index in [4.69, 9.17) is 11.5 Å². The summed E-state index contributed by atoms with van der Waals surface area (Å²) >= 11 is 0. The molecule has 5 heteroatoms. The van der Waals surface area contributed by atoms with Gasteiger partial charge in [0, 0.05) is 6.04 Å². The lowest BCUT2D eigenvalue weighted by Gasteiger charge is -2.29. The molecule has 0 unspecified atom stereocenters. The highest BCUT2D eigenvalue weighted by Gasteiger charge is 2.23. The minimum Gasteiger partial charge on any atom is -0.480 e. The number of carboxylic acids is 1. The fourth-order valence-corrected chi connectivity index (χ4v) is 1.29. The van der Waals surface area contributed by atoms with Crippen LogP contribution in [0, 0.1) is 12.3 Å². The van der Waals surface area contributed by atoms with Crippen molar-refractivity contribution in [1.82, 2.24) is 10.2 Å². The largest absolute Gasteiger partial charge is 0.480 e. The molecule has 0 aromatic carbocycles. The third kappa shape index (κ3) is 3.50. The SMILES string of the molecule is C#CCN(CC(=O)O)C(=O)NC1CCC1. The quantitative estimate of drug-likeness (QED) is 0.654. The van der Waals surface area contributed by atoms with Crippen molar-refractivity contribution in [3.8, 4) is 12.3 Å². The molecule has 0 atom stereocenters. The van der Waals surface area contributed by atoms with Crippen molar-refractivity contribution in [1.29, 1.82) is 0 Å². The third-order valence-corrected chi connectivity index (χ3v) is 2.33. The van der Waals surface area contributed by atoms with Crippen LogP contribution in [-0.2, 0) is 4.79 Å². The first-order valence-electron chi connectivity index (χ1n) is 4.84. The summed E-state index contributed by atoms with van der Waals surface area (Å²) in [4.78, 5) is 23.1. The van der Waals surface area contributed by atoms with E-state index in [1.807, 2.05) is 0 Å². The smallest absolute Gasteiger partial charge is 0.323 e. The Bertz CT molecular complexity index is 292. The van der Waals surface area contributed by atoms with Gasteiger partial charge < -0.3 is 15.3 Å². The number of rotatable bonds is 4. The second-order valence-corrected chi connectivity index (χ2v) is 3.53. The molecule has 1 fully saturated rings. The van der Waals surface area contributed by atoms with Gasteiger partial charge in [-0.1, -0.05) is 5.92 Å². The second-order valence-electron chi connectivity index (χ2n) is 3.53. The zero-order valence-electron chi connectivity index (χ0n) is 8.40. The highest BCUT2D eigenvalue weighted by molar-refractivity contribution is 5.80. The van der Waals surface area contributed by atoms with Crippen LogP contribution in [0.4, 0.5) is 4.79 Å². The molecule has 0 aromatic heterocycles. The standard InChI is InChI=1S/C10H14N2O3/c1-2-6-12(7-9(13)14)10(15)11-8-4-3-5-8/h1,8H,3-7H2,(H,11,15)(H,13,14). The number of nitrogens with one attached hydrogen (secondary N) is 1. The van der Waals surface area contributed by atoms with Crippen LogP contribution in [-0.4, -0.2) is 41.1 Å². The van der Waals surface area contributed by atoms with E-state index in [0.29, 0.717) is 0 Å². The molecule has 1 rings (SSSR count). The van der Waals surface area contributed by atoms with E-state index >= 15 is 0 Å². The van der Waals surface area contributed by atoms with E-state index < -0.39 is 5.97 Å². The Kier molecular flexibility index (Phi) is 3.98. The van der Waals surface area contributed by atoms with Gasteiger partial charge in [0.15, 0.2) is 0 Å². The van der Waals surface area contributed by atoms with Crippen molar-refractivity contribution in [3.63, 3.8) is 0 Å². The average Bonchev–Trinajstić information content (AvgIpc) is 2.09. The van der Waals surface area contributed by atoms with Crippen LogP contribution in [0.25, 0.3) is 0 Å². The maximum absolute atomic E-state index is 11.5. The minimum atomic E-state index is -1.06. The lowest BCUT2D eigenvalue weighted by atomic mass is 9.93. The lowest BCUT2D eigenvalue weighted by Crippen LogP contribution is -2.48. The molecule has 1 saturated carbocycles. The molecule has 82 valence electrons. The maximum atomic E-state index is 11.5. The summed E-state index contributed by atoms with van der Waals surface area (Å²) in [6.07, 6.45) is 8.09. The highest BCUT2D eigenvalue weighted by Crippen LogP contribution is 2.18. The Balaban J connectivity index is 2.42. The van der Waals surface area contributed by atoms with Crippen LogP contribution >= 0.6 is 0 Å². The Morgan fingerprint density at radius 2 is 2.20 bits per heavy atom. The first-order chi connectivity index (χ1) is 7.13. The number of carboxylic acid groups (broad SMARTS) is 1. The number of carbonyl (C=O) groups excluding carboxylic acids is 1.